The smallest absolute Gasteiger partial charge is 0.201 e. The Hall–Kier alpha value is -2.27. The highest BCUT2D eigenvalue weighted by Crippen LogP contribution is 2.39. The Morgan fingerprint density at radius 1 is 1.76 bits per heavy atom. The van der Waals surface area contributed by atoms with Crippen LogP contribution in [0.25, 0.3) is 10.4 Å². The summed E-state index contributed by atoms with van der Waals surface area (Å²) in [6, 6.07) is 0. The van der Waals surface area contributed by atoms with Crippen molar-refractivity contribution in [3.05, 3.63) is 22.3 Å². The lowest BCUT2D eigenvalue weighted by atomic mass is 10.1. The highest BCUT2D eigenvalue weighted by Gasteiger charge is 2.56. The summed E-state index contributed by atoms with van der Waals surface area (Å²) in [5.74, 6) is 0.0821. The predicted octanol–water partition coefficient (Wildman–Crippen LogP) is -1.16. The first-order chi connectivity index (χ1) is 9.99. The summed E-state index contributed by atoms with van der Waals surface area (Å²) in [5, 5.41) is 29.5. The molecule has 1 aliphatic heterocycles. The maximum absolute atomic E-state index is 14.1. The highest BCUT2D eigenvalue weighted by molar-refractivity contribution is 5.95. The molecule has 1 aliphatic rings. The molecule has 0 amide bonds. The van der Waals surface area contributed by atoms with E-state index in [0.29, 0.717) is 0 Å². The summed E-state index contributed by atoms with van der Waals surface area (Å²) in [6.07, 6.45) is -4.01. The van der Waals surface area contributed by atoms with Crippen molar-refractivity contribution in [3.63, 3.8) is 0 Å². The molecular formula is C9H13FN8O3. The van der Waals surface area contributed by atoms with Gasteiger partial charge in [0.05, 0.1) is 12.8 Å². The van der Waals surface area contributed by atoms with Crippen LogP contribution in [-0.2, 0) is 4.74 Å². The highest BCUT2D eigenvalue weighted by atomic mass is 19.1. The van der Waals surface area contributed by atoms with Crippen LogP contribution >= 0.6 is 0 Å². The number of aliphatic hydroxyl groups is 2. The summed E-state index contributed by atoms with van der Waals surface area (Å²) in [6.45, 7) is -0.894. The molecule has 0 saturated carbocycles. The summed E-state index contributed by atoms with van der Waals surface area (Å²) in [5.41, 5.74) is 12.1. The van der Waals surface area contributed by atoms with Crippen LogP contribution in [0.15, 0.2) is 16.3 Å². The molecule has 2 rings (SSSR count). The van der Waals surface area contributed by atoms with Gasteiger partial charge in [0.2, 0.25) is 5.72 Å². The minimum Gasteiger partial charge on any atom is -0.393 e. The van der Waals surface area contributed by atoms with E-state index in [4.69, 9.17) is 16.0 Å². The van der Waals surface area contributed by atoms with Gasteiger partial charge in [-0.05, 0) is 5.53 Å². The van der Waals surface area contributed by atoms with Crippen LogP contribution in [-0.4, -0.2) is 62.7 Å². The second-order valence-corrected chi connectivity index (χ2v) is 4.28. The number of halogens is 1. The minimum absolute atomic E-state index is 0.0821. The molecule has 11 nitrogen and oxygen atoms in total. The van der Waals surface area contributed by atoms with E-state index in [-0.39, 0.29) is 11.5 Å². The third kappa shape index (κ3) is 2.40. The molecule has 0 aromatic carbocycles. The van der Waals surface area contributed by atoms with Crippen LogP contribution in [0.1, 0.15) is 11.9 Å². The van der Waals surface area contributed by atoms with E-state index in [9.17, 15) is 14.6 Å². The van der Waals surface area contributed by atoms with E-state index in [2.05, 4.69) is 25.3 Å². The lowest BCUT2D eigenvalue weighted by Crippen LogP contribution is -2.43. The Morgan fingerprint density at radius 2 is 2.48 bits per heavy atom. The maximum Gasteiger partial charge on any atom is 0.201 e. The van der Waals surface area contributed by atoms with Crippen molar-refractivity contribution in [2.75, 3.05) is 13.7 Å². The first kappa shape index (κ1) is 15.1. The number of amidine groups is 1. The molecule has 0 spiro atoms. The Labute approximate surface area is 117 Å². The molecule has 21 heavy (non-hydrogen) atoms. The molecule has 4 atom stereocenters. The van der Waals surface area contributed by atoms with Gasteiger partial charge in [-0.3, -0.25) is 4.99 Å². The van der Waals surface area contributed by atoms with Crippen LogP contribution < -0.4 is 5.73 Å². The zero-order valence-electron chi connectivity index (χ0n) is 10.9. The fourth-order valence-electron chi connectivity index (χ4n) is 1.90. The van der Waals surface area contributed by atoms with Gasteiger partial charge in [0, 0.05) is 12.0 Å². The van der Waals surface area contributed by atoms with E-state index in [1.807, 2.05) is 0 Å². The quantitative estimate of drug-likeness (QED) is 0.208. The molecule has 12 heteroatoms. The van der Waals surface area contributed by atoms with Gasteiger partial charge in [-0.15, -0.1) is 5.10 Å². The summed E-state index contributed by atoms with van der Waals surface area (Å²) < 4.78 is 20.3. The molecule has 1 aromatic rings. The maximum atomic E-state index is 14.1. The van der Waals surface area contributed by atoms with Crippen LogP contribution in [0, 0.1) is 0 Å². The van der Waals surface area contributed by atoms with Crippen LogP contribution in [0.2, 0.25) is 0 Å². The lowest BCUT2D eigenvalue weighted by Gasteiger charge is -2.23. The van der Waals surface area contributed by atoms with Gasteiger partial charge in [0.15, 0.2) is 12.4 Å². The Bertz CT molecular complexity index is 600. The molecular weight excluding hydrogens is 287 g/mol. The van der Waals surface area contributed by atoms with Crippen molar-refractivity contribution in [3.8, 4) is 0 Å². The Kier molecular flexibility index (Phi) is 4.04. The van der Waals surface area contributed by atoms with Crippen molar-refractivity contribution in [2.45, 2.75) is 24.2 Å². The lowest BCUT2D eigenvalue weighted by molar-refractivity contribution is -0.126. The number of rotatable bonds is 4. The SMILES string of the molecule is CN=C(N)c1cn([C@@H]2O[C@@](CO)(N=[N+]=[N-])[C@@H](O)[C@@H]2F)nn1. The minimum atomic E-state index is -2.12. The van der Waals surface area contributed by atoms with Gasteiger partial charge < -0.3 is 20.7 Å². The fraction of sp³-hybridized carbons (Fsp3) is 0.667. The third-order valence-corrected chi connectivity index (χ3v) is 3.08. The first-order valence-electron chi connectivity index (χ1n) is 5.80. The van der Waals surface area contributed by atoms with E-state index in [0.717, 1.165) is 4.68 Å². The number of alkyl halides is 1. The van der Waals surface area contributed by atoms with Crippen LogP contribution in [0.5, 0.6) is 0 Å². The number of hydrogen-bond acceptors (Lipinski definition) is 7. The monoisotopic (exact) mass is 300 g/mol. The van der Waals surface area contributed by atoms with Gasteiger partial charge in [0.1, 0.15) is 17.6 Å². The number of azide groups is 1. The van der Waals surface area contributed by atoms with E-state index < -0.39 is 30.8 Å². The van der Waals surface area contributed by atoms with E-state index in [1.165, 1.54) is 13.2 Å². The zero-order chi connectivity index (χ0) is 15.6. The van der Waals surface area contributed by atoms with Crippen molar-refractivity contribution in [2.24, 2.45) is 15.8 Å². The summed E-state index contributed by atoms with van der Waals surface area (Å²) in [7, 11) is 1.44. The number of aliphatic imine (C=N–C) groups is 1. The molecule has 1 fully saturated rings. The van der Waals surface area contributed by atoms with Crippen LogP contribution in [0.3, 0.4) is 0 Å². The predicted molar refractivity (Wildman–Crippen MR) is 66.7 cm³/mol. The molecule has 2 heterocycles. The summed E-state index contributed by atoms with van der Waals surface area (Å²) in [4.78, 5) is 6.14. The molecule has 114 valence electrons. The second kappa shape index (κ2) is 5.61. The number of hydrogen-bond donors (Lipinski definition) is 3. The van der Waals surface area contributed by atoms with Gasteiger partial charge in [-0.2, -0.15) is 0 Å². The van der Waals surface area contributed by atoms with Gasteiger partial charge >= 0.3 is 0 Å². The molecule has 0 bridgehead atoms. The number of nitrogens with zero attached hydrogens (tertiary/aromatic N) is 7. The molecule has 0 unspecified atom stereocenters. The summed E-state index contributed by atoms with van der Waals surface area (Å²) >= 11 is 0. The number of nitrogens with two attached hydrogens (primary N) is 1. The van der Waals surface area contributed by atoms with Gasteiger partial charge in [0.25, 0.3) is 0 Å². The standard InChI is InChI=1S/C9H13FN8O3/c1-13-7(11)4-2-18(17-14-4)8-5(10)6(20)9(3-19,21-8)15-16-12/h2,5-6,8,19-20H,3H2,1H3,(H2,11,13)/t5-,6-,8+,9+/m0/s1. The van der Waals surface area contributed by atoms with E-state index >= 15 is 0 Å². The number of aliphatic hydroxyl groups excluding tert-OH is 2. The zero-order valence-corrected chi connectivity index (χ0v) is 10.9. The molecule has 1 saturated heterocycles. The Morgan fingerprint density at radius 3 is 3.05 bits per heavy atom. The molecule has 0 aliphatic carbocycles. The van der Waals surface area contributed by atoms with Crippen molar-refractivity contribution < 1.29 is 19.3 Å². The molecule has 4 N–H and O–H groups in total. The molecule has 0 radical (unpaired) electrons. The van der Waals surface area contributed by atoms with Gasteiger partial charge in [-0.25, -0.2) is 9.07 Å². The molecule has 1 aromatic heterocycles. The number of ether oxygens (including phenoxy) is 1. The number of aromatic nitrogens is 3. The van der Waals surface area contributed by atoms with Gasteiger partial charge in [-0.1, -0.05) is 10.3 Å². The average molecular weight is 300 g/mol. The second-order valence-electron chi connectivity index (χ2n) is 4.28. The fourth-order valence-corrected chi connectivity index (χ4v) is 1.90. The average Bonchev–Trinajstić information content (AvgIpc) is 3.06. The topological polar surface area (TPSA) is 168 Å². The van der Waals surface area contributed by atoms with Crippen LogP contribution in [0.4, 0.5) is 4.39 Å². The van der Waals surface area contributed by atoms with Crippen molar-refractivity contribution in [1.82, 2.24) is 15.0 Å². The van der Waals surface area contributed by atoms with Crippen molar-refractivity contribution >= 4 is 5.84 Å². The third-order valence-electron chi connectivity index (χ3n) is 3.08. The largest absolute Gasteiger partial charge is 0.393 e. The first-order valence-corrected chi connectivity index (χ1v) is 5.80. The Balaban J connectivity index is 2.33. The van der Waals surface area contributed by atoms with Crippen molar-refractivity contribution in [1.29, 1.82) is 0 Å². The van der Waals surface area contributed by atoms with E-state index in [1.54, 1.807) is 0 Å². The normalized spacial score (nSPS) is 33.0.